The molecule has 0 saturated carbocycles. The second-order valence-corrected chi connectivity index (χ2v) is 9.34. The van der Waals surface area contributed by atoms with Crippen LogP contribution in [0.5, 0.6) is 5.75 Å². The van der Waals surface area contributed by atoms with Gasteiger partial charge in [0.15, 0.2) is 0 Å². The summed E-state index contributed by atoms with van der Waals surface area (Å²) in [5, 5.41) is 6.96. The molecule has 36 heavy (non-hydrogen) atoms. The van der Waals surface area contributed by atoms with Gasteiger partial charge < -0.3 is 15.0 Å². The third kappa shape index (κ3) is 5.67. The lowest BCUT2D eigenvalue weighted by molar-refractivity contribution is -0.134. The first kappa shape index (κ1) is 25.6. The lowest BCUT2D eigenvalue weighted by Crippen LogP contribution is -2.51. The molecular formula is C26H29ClFN5O3. The van der Waals surface area contributed by atoms with E-state index in [2.05, 4.69) is 15.4 Å². The molecule has 1 spiro atoms. The zero-order valence-corrected chi connectivity index (χ0v) is 20.9. The number of amides is 2. The van der Waals surface area contributed by atoms with E-state index in [4.69, 9.17) is 4.74 Å². The number of hydrogen-bond donors (Lipinski definition) is 1. The Labute approximate surface area is 215 Å². The van der Waals surface area contributed by atoms with E-state index < -0.39 is 0 Å². The van der Waals surface area contributed by atoms with E-state index in [9.17, 15) is 14.0 Å². The minimum absolute atomic E-state index is 0. The van der Waals surface area contributed by atoms with Crippen molar-refractivity contribution < 1.29 is 18.7 Å². The number of pyridine rings is 1. The molecule has 0 radical (unpaired) electrons. The number of fused-ring (bicyclic) bond motifs is 1. The topological polar surface area (TPSA) is 89.4 Å². The first-order chi connectivity index (χ1) is 16.9. The Hall–Kier alpha value is -3.46. The number of halogens is 2. The number of nitrogens with one attached hydrogen (secondary N) is 1. The second kappa shape index (κ2) is 10.7. The van der Waals surface area contributed by atoms with Gasteiger partial charge in [-0.3, -0.25) is 19.3 Å². The van der Waals surface area contributed by atoms with E-state index in [1.54, 1.807) is 41.3 Å². The number of benzene rings is 1. The molecule has 1 aromatic carbocycles. The molecule has 2 aliphatic heterocycles. The van der Waals surface area contributed by atoms with Crippen LogP contribution in [0.3, 0.4) is 0 Å². The van der Waals surface area contributed by atoms with Gasteiger partial charge in [0, 0.05) is 63.0 Å². The maximum absolute atomic E-state index is 13.5. The number of likely N-dealkylation sites (tertiary alicyclic amines) is 1. The Balaban J connectivity index is 0.00000304. The molecule has 5 rings (SSSR count). The summed E-state index contributed by atoms with van der Waals surface area (Å²) in [4.78, 5) is 31.6. The summed E-state index contributed by atoms with van der Waals surface area (Å²) in [5.41, 5.74) is 2.55. The standard InChI is InChI=1S/C26H28FN5O3.ClH/c1-31-17-18(16-30-31)15-29-25(34)20-5-9-28-22(13-20)14-24(33)32-10-7-26(8-11-32)6-4-19-12-21(27)2-3-23(19)35-26;/h2-3,5,9,12-13,16-17H,4,6-8,10-11,14-15H2,1H3,(H,29,34);1H. The molecule has 0 bridgehead atoms. The zero-order chi connectivity index (χ0) is 24.4. The van der Waals surface area contributed by atoms with Crippen LogP contribution in [0.1, 0.15) is 46.4 Å². The molecular weight excluding hydrogens is 485 g/mol. The monoisotopic (exact) mass is 513 g/mol. The second-order valence-electron chi connectivity index (χ2n) is 9.34. The van der Waals surface area contributed by atoms with Crippen LogP contribution in [0, 0.1) is 5.82 Å². The summed E-state index contributed by atoms with van der Waals surface area (Å²) < 4.78 is 21.5. The van der Waals surface area contributed by atoms with E-state index in [-0.39, 0.29) is 42.1 Å². The van der Waals surface area contributed by atoms with Crippen molar-refractivity contribution in [3.63, 3.8) is 0 Å². The SMILES string of the molecule is Cl.Cn1cc(CNC(=O)c2ccnc(CC(=O)N3CCC4(CCc5cc(F)ccc5O4)CC3)c2)cn1. The maximum Gasteiger partial charge on any atom is 0.251 e. The van der Waals surface area contributed by atoms with Gasteiger partial charge in [-0.15, -0.1) is 12.4 Å². The summed E-state index contributed by atoms with van der Waals surface area (Å²) in [6.07, 6.45) is 8.32. The van der Waals surface area contributed by atoms with E-state index in [0.29, 0.717) is 30.9 Å². The first-order valence-corrected chi connectivity index (χ1v) is 11.9. The summed E-state index contributed by atoms with van der Waals surface area (Å²) in [6.45, 7) is 1.57. The van der Waals surface area contributed by atoms with Crippen LogP contribution in [0.15, 0.2) is 48.9 Å². The van der Waals surface area contributed by atoms with Crippen molar-refractivity contribution >= 4 is 24.2 Å². The summed E-state index contributed by atoms with van der Waals surface area (Å²) >= 11 is 0. The predicted molar refractivity (Wildman–Crippen MR) is 133 cm³/mol. The highest BCUT2D eigenvalue weighted by Crippen LogP contribution is 2.39. The summed E-state index contributed by atoms with van der Waals surface area (Å²) in [7, 11) is 1.82. The number of nitrogens with zero attached hydrogens (tertiary/aromatic N) is 4. The van der Waals surface area contributed by atoms with Gasteiger partial charge in [0.25, 0.3) is 5.91 Å². The molecule has 8 nitrogen and oxygen atoms in total. The van der Waals surface area contributed by atoms with Crippen LogP contribution in [0.4, 0.5) is 4.39 Å². The molecule has 4 heterocycles. The average Bonchev–Trinajstić information content (AvgIpc) is 3.28. The molecule has 1 saturated heterocycles. The fourth-order valence-corrected chi connectivity index (χ4v) is 4.84. The minimum Gasteiger partial charge on any atom is -0.487 e. The molecule has 0 unspecified atom stereocenters. The number of piperidine rings is 1. The average molecular weight is 514 g/mol. The van der Waals surface area contributed by atoms with Gasteiger partial charge in [0.1, 0.15) is 17.2 Å². The normalized spacial score (nSPS) is 16.0. The molecule has 1 N–H and O–H groups in total. The van der Waals surface area contributed by atoms with Crippen molar-refractivity contribution in [3.05, 3.63) is 77.1 Å². The van der Waals surface area contributed by atoms with Gasteiger partial charge in [-0.25, -0.2) is 4.39 Å². The van der Waals surface area contributed by atoms with Crippen LogP contribution in [-0.4, -0.2) is 50.2 Å². The van der Waals surface area contributed by atoms with Crippen molar-refractivity contribution in [2.24, 2.45) is 7.05 Å². The Kier molecular flexibility index (Phi) is 7.59. The highest BCUT2D eigenvalue weighted by atomic mass is 35.5. The molecule has 2 aromatic heterocycles. The van der Waals surface area contributed by atoms with Crippen LogP contribution in [-0.2, 0) is 31.2 Å². The molecule has 2 aliphatic rings. The largest absolute Gasteiger partial charge is 0.487 e. The van der Waals surface area contributed by atoms with Gasteiger partial charge >= 0.3 is 0 Å². The van der Waals surface area contributed by atoms with E-state index >= 15 is 0 Å². The molecule has 1 fully saturated rings. The Morgan fingerprint density at radius 1 is 1.17 bits per heavy atom. The van der Waals surface area contributed by atoms with Gasteiger partial charge in [-0.1, -0.05) is 0 Å². The lowest BCUT2D eigenvalue weighted by atomic mass is 9.83. The number of carbonyl (C=O) groups is 2. The number of ether oxygens (including phenoxy) is 1. The van der Waals surface area contributed by atoms with Crippen molar-refractivity contribution in [1.82, 2.24) is 25.0 Å². The van der Waals surface area contributed by atoms with Crippen LogP contribution < -0.4 is 10.1 Å². The fourth-order valence-electron chi connectivity index (χ4n) is 4.84. The number of rotatable bonds is 5. The molecule has 190 valence electrons. The van der Waals surface area contributed by atoms with Crippen LogP contribution in [0.2, 0.25) is 0 Å². The third-order valence-electron chi connectivity index (χ3n) is 6.85. The molecule has 3 aromatic rings. The van der Waals surface area contributed by atoms with E-state index in [1.165, 1.54) is 6.07 Å². The van der Waals surface area contributed by atoms with Crippen LogP contribution in [0.25, 0.3) is 0 Å². The Bertz CT molecular complexity index is 1260. The molecule has 0 aliphatic carbocycles. The molecule has 2 amide bonds. The lowest BCUT2D eigenvalue weighted by Gasteiger charge is -2.44. The van der Waals surface area contributed by atoms with Crippen molar-refractivity contribution in [1.29, 1.82) is 0 Å². The number of carbonyl (C=O) groups excluding carboxylic acids is 2. The minimum atomic E-state index is -0.299. The van der Waals surface area contributed by atoms with Gasteiger partial charge in [0.2, 0.25) is 5.91 Å². The van der Waals surface area contributed by atoms with E-state index in [1.807, 2.05) is 18.1 Å². The zero-order valence-electron chi connectivity index (χ0n) is 20.1. The smallest absolute Gasteiger partial charge is 0.251 e. The Morgan fingerprint density at radius 2 is 1.97 bits per heavy atom. The molecule has 0 atom stereocenters. The Morgan fingerprint density at radius 3 is 2.72 bits per heavy atom. The first-order valence-electron chi connectivity index (χ1n) is 11.9. The van der Waals surface area contributed by atoms with Crippen molar-refractivity contribution in [2.75, 3.05) is 13.1 Å². The van der Waals surface area contributed by atoms with Crippen LogP contribution >= 0.6 is 12.4 Å². The fraction of sp³-hybridized carbons (Fsp3) is 0.385. The van der Waals surface area contributed by atoms with Crippen molar-refractivity contribution in [3.8, 4) is 5.75 Å². The van der Waals surface area contributed by atoms with Gasteiger partial charge in [0.05, 0.1) is 18.3 Å². The third-order valence-corrected chi connectivity index (χ3v) is 6.85. The highest BCUT2D eigenvalue weighted by Gasteiger charge is 2.40. The number of aromatic nitrogens is 3. The maximum atomic E-state index is 13.5. The molecule has 10 heteroatoms. The van der Waals surface area contributed by atoms with Gasteiger partial charge in [-0.05, 0) is 48.7 Å². The predicted octanol–water partition coefficient (Wildman–Crippen LogP) is 3.23. The highest BCUT2D eigenvalue weighted by molar-refractivity contribution is 5.94. The van der Waals surface area contributed by atoms with Crippen molar-refractivity contribution in [2.45, 2.75) is 44.2 Å². The summed E-state index contributed by atoms with van der Waals surface area (Å²) in [5.74, 6) is 0.269. The number of aryl methyl sites for hydroxylation is 2. The quantitative estimate of drug-likeness (QED) is 0.566. The summed E-state index contributed by atoms with van der Waals surface area (Å²) in [6, 6.07) is 7.98. The van der Waals surface area contributed by atoms with Gasteiger partial charge in [-0.2, -0.15) is 5.10 Å². The number of hydrogen-bond acceptors (Lipinski definition) is 5. The van der Waals surface area contributed by atoms with E-state index in [0.717, 1.165) is 42.6 Å².